The second kappa shape index (κ2) is 5.07. The van der Waals surface area contributed by atoms with Crippen molar-refractivity contribution >= 4 is 17.2 Å². The largest absolute Gasteiger partial charge is 0.395 e. The van der Waals surface area contributed by atoms with Crippen molar-refractivity contribution in [1.82, 2.24) is 20.1 Å². The first kappa shape index (κ1) is 11.7. The van der Waals surface area contributed by atoms with E-state index in [0.29, 0.717) is 4.88 Å². The highest BCUT2D eigenvalue weighted by Crippen LogP contribution is 2.24. The number of thiazole rings is 1. The molecule has 0 saturated carbocycles. The molecule has 2 aromatic heterocycles. The van der Waals surface area contributed by atoms with Gasteiger partial charge in [-0.3, -0.25) is 9.48 Å². The molecule has 0 aliphatic heterocycles. The molecule has 6 nitrogen and oxygen atoms in total. The Morgan fingerprint density at radius 2 is 2.41 bits per heavy atom. The Morgan fingerprint density at radius 1 is 1.59 bits per heavy atom. The topological polar surface area (TPSA) is 80.0 Å². The van der Waals surface area contributed by atoms with Crippen LogP contribution >= 0.6 is 11.3 Å². The minimum absolute atomic E-state index is 0.0694. The molecule has 17 heavy (non-hydrogen) atoms. The van der Waals surface area contributed by atoms with E-state index in [4.69, 9.17) is 5.11 Å². The zero-order valence-corrected chi connectivity index (χ0v) is 10.1. The molecule has 0 aliphatic carbocycles. The fraction of sp³-hybridized carbons (Fsp3) is 0.300. The van der Waals surface area contributed by atoms with E-state index in [9.17, 15) is 4.79 Å². The monoisotopic (exact) mass is 252 g/mol. The smallest absolute Gasteiger partial charge is 0.263 e. The number of amides is 1. The summed E-state index contributed by atoms with van der Waals surface area (Å²) in [7, 11) is 1.83. The Bertz CT molecular complexity index is 520. The average Bonchev–Trinajstić information content (AvgIpc) is 2.93. The lowest BCUT2D eigenvalue weighted by Crippen LogP contribution is -2.25. The minimum atomic E-state index is -0.216. The number of carbonyl (C=O) groups excluding carboxylic acids is 1. The SMILES string of the molecule is Cn1cc(-c2ncc(C(=O)NCCO)s2)cn1. The Morgan fingerprint density at radius 3 is 3.06 bits per heavy atom. The van der Waals surface area contributed by atoms with Crippen LogP contribution in [0.25, 0.3) is 10.6 Å². The van der Waals surface area contributed by atoms with Crippen LogP contribution in [0, 0.1) is 0 Å². The second-order valence-corrected chi connectivity index (χ2v) is 4.44. The van der Waals surface area contributed by atoms with Gasteiger partial charge in [0.05, 0.1) is 19.0 Å². The first-order chi connectivity index (χ1) is 8.20. The van der Waals surface area contributed by atoms with Crippen molar-refractivity contribution in [3.63, 3.8) is 0 Å². The molecular formula is C10H12N4O2S. The molecule has 7 heteroatoms. The van der Waals surface area contributed by atoms with Gasteiger partial charge in [0.15, 0.2) is 0 Å². The van der Waals surface area contributed by atoms with E-state index in [0.717, 1.165) is 10.6 Å². The summed E-state index contributed by atoms with van der Waals surface area (Å²) in [4.78, 5) is 16.3. The van der Waals surface area contributed by atoms with Gasteiger partial charge in [-0.1, -0.05) is 0 Å². The van der Waals surface area contributed by atoms with E-state index in [-0.39, 0.29) is 19.1 Å². The minimum Gasteiger partial charge on any atom is -0.395 e. The van der Waals surface area contributed by atoms with Crippen molar-refractivity contribution in [3.05, 3.63) is 23.5 Å². The van der Waals surface area contributed by atoms with Crippen molar-refractivity contribution in [2.24, 2.45) is 7.05 Å². The van der Waals surface area contributed by atoms with Gasteiger partial charge in [0, 0.05) is 25.4 Å². The van der Waals surface area contributed by atoms with Crippen LogP contribution in [-0.4, -0.2) is 38.9 Å². The summed E-state index contributed by atoms with van der Waals surface area (Å²) in [5.41, 5.74) is 0.888. The summed E-state index contributed by atoms with van der Waals surface area (Å²) in [6.07, 6.45) is 5.07. The normalized spacial score (nSPS) is 10.5. The summed E-state index contributed by atoms with van der Waals surface area (Å²) < 4.78 is 1.68. The highest BCUT2D eigenvalue weighted by molar-refractivity contribution is 7.16. The standard InChI is InChI=1S/C10H12N4O2S/c1-14-6-7(4-13-14)10-12-5-8(17-10)9(16)11-2-3-15/h4-6,15H,2-3H2,1H3,(H,11,16). The molecule has 90 valence electrons. The molecule has 2 heterocycles. The van der Waals surface area contributed by atoms with Gasteiger partial charge in [-0.25, -0.2) is 4.98 Å². The number of hydrogen-bond donors (Lipinski definition) is 2. The van der Waals surface area contributed by atoms with Crippen molar-refractivity contribution in [2.45, 2.75) is 0 Å². The van der Waals surface area contributed by atoms with Crippen molar-refractivity contribution < 1.29 is 9.90 Å². The van der Waals surface area contributed by atoms with Crippen LogP contribution in [0.5, 0.6) is 0 Å². The molecule has 0 fully saturated rings. The predicted molar refractivity (Wildman–Crippen MR) is 63.7 cm³/mol. The van der Waals surface area contributed by atoms with Crippen molar-refractivity contribution in [2.75, 3.05) is 13.2 Å². The summed E-state index contributed by atoms with van der Waals surface area (Å²) >= 11 is 1.30. The molecule has 0 atom stereocenters. The van der Waals surface area contributed by atoms with Crippen LogP contribution in [0.15, 0.2) is 18.6 Å². The first-order valence-electron chi connectivity index (χ1n) is 5.04. The van der Waals surface area contributed by atoms with Gasteiger partial charge in [0.2, 0.25) is 0 Å². The molecule has 2 N–H and O–H groups in total. The predicted octanol–water partition coefficient (Wildman–Crippen LogP) is 0.266. The van der Waals surface area contributed by atoms with Crippen molar-refractivity contribution in [3.8, 4) is 10.6 Å². The number of aromatic nitrogens is 3. The van der Waals surface area contributed by atoms with Gasteiger partial charge in [-0.2, -0.15) is 5.10 Å². The Labute approximate surface area is 102 Å². The Balaban J connectivity index is 2.13. The number of nitrogens with one attached hydrogen (secondary N) is 1. The van der Waals surface area contributed by atoms with E-state index in [1.165, 1.54) is 17.5 Å². The Kier molecular flexibility index (Phi) is 3.50. The van der Waals surface area contributed by atoms with Gasteiger partial charge in [-0.15, -0.1) is 11.3 Å². The third kappa shape index (κ3) is 2.69. The molecule has 2 rings (SSSR count). The number of aryl methyl sites for hydroxylation is 1. The maximum absolute atomic E-state index is 11.6. The van der Waals surface area contributed by atoms with Crippen molar-refractivity contribution in [1.29, 1.82) is 0 Å². The molecule has 0 unspecified atom stereocenters. The molecule has 0 aromatic carbocycles. The molecule has 2 aromatic rings. The lowest BCUT2D eigenvalue weighted by Gasteiger charge is -1.98. The van der Waals surface area contributed by atoms with Crippen LogP contribution in [0.1, 0.15) is 9.67 Å². The summed E-state index contributed by atoms with van der Waals surface area (Å²) in [6, 6.07) is 0. The molecule has 0 spiro atoms. The van der Waals surface area contributed by atoms with Gasteiger partial charge in [0.25, 0.3) is 5.91 Å². The van der Waals surface area contributed by atoms with E-state index >= 15 is 0 Å². The van der Waals surface area contributed by atoms with E-state index < -0.39 is 0 Å². The summed E-state index contributed by atoms with van der Waals surface area (Å²) in [6.45, 7) is 0.180. The molecule has 0 bridgehead atoms. The molecule has 0 saturated heterocycles. The first-order valence-corrected chi connectivity index (χ1v) is 5.86. The number of aliphatic hydroxyl groups excluding tert-OH is 1. The maximum Gasteiger partial charge on any atom is 0.263 e. The summed E-state index contributed by atoms with van der Waals surface area (Å²) in [5.74, 6) is -0.216. The van der Waals surface area contributed by atoms with E-state index in [1.54, 1.807) is 10.9 Å². The van der Waals surface area contributed by atoms with Gasteiger partial charge < -0.3 is 10.4 Å². The molecule has 0 aliphatic rings. The molecular weight excluding hydrogens is 240 g/mol. The maximum atomic E-state index is 11.6. The van der Waals surface area contributed by atoms with E-state index in [2.05, 4.69) is 15.4 Å². The third-order valence-corrected chi connectivity index (χ3v) is 3.12. The zero-order chi connectivity index (χ0) is 12.3. The van der Waals surface area contributed by atoms with E-state index in [1.807, 2.05) is 13.2 Å². The second-order valence-electron chi connectivity index (χ2n) is 3.41. The zero-order valence-electron chi connectivity index (χ0n) is 9.25. The number of nitrogens with zero attached hydrogens (tertiary/aromatic N) is 3. The fourth-order valence-electron chi connectivity index (χ4n) is 1.30. The van der Waals surface area contributed by atoms with Crippen LogP contribution in [0.3, 0.4) is 0 Å². The number of carbonyl (C=O) groups is 1. The van der Waals surface area contributed by atoms with Gasteiger partial charge in [-0.05, 0) is 0 Å². The van der Waals surface area contributed by atoms with Crippen LogP contribution < -0.4 is 5.32 Å². The highest BCUT2D eigenvalue weighted by Gasteiger charge is 2.11. The average molecular weight is 252 g/mol. The number of rotatable bonds is 4. The summed E-state index contributed by atoms with van der Waals surface area (Å²) in [5, 5.41) is 16.0. The van der Waals surface area contributed by atoms with Crippen LogP contribution in [0.2, 0.25) is 0 Å². The molecule has 1 amide bonds. The Hall–Kier alpha value is -1.73. The number of aliphatic hydroxyl groups is 1. The van der Waals surface area contributed by atoms with Gasteiger partial charge in [0.1, 0.15) is 9.88 Å². The van der Waals surface area contributed by atoms with Crippen LogP contribution in [-0.2, 0) is 7.05 Å². The van der Waals surface area contributed by atoms with Gasteiger partial charge >= 0.3 is 0 Å². The quantitative estimate of drug-likeness (QED) is 0.818. The third-order valence-electron chi connectivity index (χ3n) is 2.08. The highest BCUT2D eigenvalue weighted by atomic mass is 32.1. The lowest BCUT2D eigenvalue weighted by atomic mass is 10.4. The van der Waals surface area contributed by atoms with Crippen LogP contribution in [0.4, 0.5) is 0 Å². The lowest BCUT2D eigenvalue weighted by molar-refractivity contribution is 0.0948. The fourth-order valence-corrected chi connectivity index (χ4v) is 2.11. The molecule has 0 radical (unpaired) electrons. The number of hydrogen-bond acceptors (Lipinski definition) is 5.